The minimum atomic E-state index is 0.0437. The van der Waals surface area contributed by atoms with E-state index in [1.54, 1.807) is 22.2 Å². The van der Waals surface area contributed by atoms with E-state index in [4.69, 9.17) is 0 Å². The molecule has 2 aromatic rings. The Morgan fingerprint density at radius 2 is 2.04 bits per heavy atom. The number of amides is 1. The second-order valence-electron chi connectivity index (χ2n) is 8.88. The van der Waals surface area contributed by atoms with E-state index >= 15 is 0 Å². The van der Waals surface area contributed by atoms with E-state index in [9.17, 15) is 9.59 Å². The largest absolute Gasteiger partial charge is 0.337 e. The summed E-state index contributed by atoms with van der Waals surface area (Å²) in [4.78, 5) is 35.0. The number of rotatable bonds is 3. The van der Waals surface area contributed by atoms with Crippen molar-refractivity contribution in [1.29, 1.82) is 0 Å². The third-order valence-corrected chi connectivity index (χ3v) is 8.34. The topological polar surface area (TPSA) is 55.2 Å². The van der Waals surface area contributed by atoms with Crippen LogP contribution in [0, 0.1) is 5.92 Å². The van der Waals surface area contributed by atoms with Crippen LogP contribution < -0.4 is 5.56 Å². The standard InChI is InChI=1S/C22H29N3O2S/c1-14-12-15-6-2-4-8-17(15)25(14)19(26)10-11-24-13-23-21-20(22(24)27)16-7-3-5-9-18(16)28-21/h13-15,17H,2-12H2,1H3. The highest BCUT2D eigenvalue weighted by Gasteiger charge is 2.42. The van der Waals surface area contributed by atoms with Gasteiger partial charge >= 0.3 is 0 Å². The second kappa shape index (κ2) is 7.29. The van der Waals surface area contributed by atoms with Crippen molar-refractivity contribution in [1.82, 2.24) is 14.5 Å². The summed E-state index contributed by atoms with van der Waals surface area (Å²) >= 11 is 1.68. The van der Waals surface area contributed by atoms with E-state index in [0.717, 1.165) is 42.3 Å². The monoisotopic (exact) mass is 399 g/mol. The zero-order valence-corrected chi connectivity index (χ0v) is 17.5. The van der Waals surface area contributed by atoms with Gasteiger partial charge in [0, 0.05) is 29.9 Å². The number of aromatic nitrogens is 2. The first-order chi connectivity index (χ1) is 13.6. The number of carbonyl (C=O) groups excluding carboxylic acids is 1. The Morgan fingerprint density at radius 1 is 1.21 bits per heavy atom. The van der Waals surface area contributed by atoms with Gasteiger partial charge in [-0.15, -0.1) is 11.3 Å². The van der Waals surface area contributed by atoms with Crippen molar-refractivity contribution in [2.24, 2.45) is 5.92 Å². The molecule has 0 radical (unpaired) electrons. The first-order valence-corrected chi connectivity index (χ1v) is 11.8. The Bertz CT molecular complexity index is 963. The van der Waals surface area contributed by atoms with E-state index < -0.39 is 0 Å². The van der Waals surface area contributed by atoms with Crippen LogP contribution in [-0.2, 0) is 24.2 Å². The van der Waals surface area contributed by atoms with Gasteiger partial charge in [0.2, 0.25) is 5.91 Å². The molecular weight excluding hydrogens is 370 g/mol. The fraction of sp³-hybridized carbons (Fsp3) is 0.682. The van der Waals surface area contributed by atoms with Crippen LogP contribution >= 0.6 is 11.3 Å². The van der Waals surface area contributed by atoms with Gasteiger partial charge in [-0.2, -0.15) is 0 Å². The lowest BCUT2D eigenvalue weighted by Gasteiger charge is -2.33. The zero-order valence-electron chi connectivity index (χ0n) is 16.7. The minimum Gasteiger partial charge on any atom is -0.337 e. The Labute approximate surface area is 169 Å². The number of fused-ring (bicyclic) bond motifs is 4. The fourth-order valence-electron chi connectivity index (χ4n) is 5.82. The molecule has 6 heteroatoms. The van der Waals surface area contributed by atoms with Gasteiger partial charge in [-0.1, -0.05) is 12.8 Å². The van der Waals surface area contributed by atoms with Gasteiger partial charge < -0.3 is 4.90 Å². The van der Waals surface area contributed by atoms with Gasteiger partial charge in [0.05, 0.1) is 11.7 Å². The lowest BCUT2D eigenvalue weighted by atomic mass is 9.85. The molecule has 2 aliphatic carbocycles. The molecule has 150 valence electrons. The average Bonchev–Trinajstić information content (AvgIpc) is 3.24. The number of hydrogen-bond acceptors (Lipinski definition) is 4. The average molecular weight is 400 g/mol. The summed E-state index contributed by atoms with van der Waals surface area (Å²) in [7, 11) is 0. The van der Waals surface area contributed by atoms with Crippen LogP contribution in [0.15, 0.2) is 11.1 Å². The maximum atomic E-state index is 13.1. The molecule has 2 fully saturated rings. The van der Waals surface area contributed by atoms with E-state index in [-0.39, 0.29) is 11.5 Å². The Morgan fingerprint density at radius 3 is 2.93 bits per heavy atom. The maximum Gasteiger partial charge on any atom is 0.262 e. The second-order valence-corrected chi connectivity index (χ2v) is 9.97. The number of hydrogen-bond donors (Lipinski definition) is 0. The molecule has 1 aliphatic heterocycles. The fourth-order valence-corrected chi connectivity index (χ4v) is 7.04. The molecule has 1 amide bonds. The molecule has 3 unspecified atom stereocenters. The number of carbonyl (C=O) groups is 1. The summed E-state index contributed by atoms with van der Waals surface area (Å²) in [5, 5.41) is 0.816. The van der Waals surface area contributed by atoms with Crippen molar-refractivity contribution in [3.8, 4) is 0 Å². The molecular formula is C22H29N3O2S. The molecule has 3 aliphatic rings. The summed E-state index contributed by atoms with van der Waals surface area (Å²) in [6, 6.07) is 0.763. The quantitative estimate of drug-likeness (QED) is 0.786. The van der Waals surface area contributed by atoms with Gasteiger partial charge in [-0.25, -0.2) is 4.98 Å². The Balaban J connectivity index is 1.35. The number of aryl methyl sites for hydroxylation is 3. The minimum absolute atomic E-state index is 0.0437. The molecule has 0 aromatic carbocycles. The van der Waals surface area contributed by atoms with Crippen molar-refractivity contribution >= 4 is 27.5 Å². The third kappa shape index (κ3) is 3.00. The van der Waals surface area contributed by atoms with E-state index in [0.29, 0.717) is 31.0 Å². The smallest absolute Gasteiger partial charge is 0.262 e. The molecule has 0 bridgehead atoms. The van der Waals surface area contributed by atoms with Crippen molar-refractivity contribution in [2.75, 3.05) is 0 Å². The number of likely N-dealkylation sites (tertiary alicyclic amines) is 1. The molecule has 3 atom stereocenters. The van der Waals surface area contributed by atoms with E-state index in [1.807, 2.05) is 0 Å². The van der Waals surface area contributed by atoms with E-state index in [1.165, 1.54) is 36.1 Å². The molecule has 5 rings (SSSR count). The van der Waals surface area contributed by atoms with Crippen LogP contribution in [-0.4, -0.2) is 32.4 Å². The van der Waals surface area contributed by atoms with Crippen LogP contribution in [0.4, 0.5) is 0 Å². The van der Waals surface area contributed by atoms with Gasteiger partial charge in [-0.3, -0.25) is 14.2 Å². The van der Waals surface area contributed by atoms with Crippen molar-refractivity contribution in [2.45, 2.75) is 89.8 Å². The molecule has 1 saturated carbocycles. The molecule has 0 N–H and O–H groups in total. The van der Waals surface area contributed by atoms with Gasteiger partial charge in [-0.05, 0) is 63.4 Å². The molecule has 0 spiro atoms. The summed E-state index contributed by atoms with van der Waals surface area (Å²) in [6.45, 7) is 2.62. The first-order valence-electron chi connectivity index (χ1n) is 10.9. The number of thiophene rings is 1. The highest BCUT2D eigenvalue weighted by Crippen LogP contribution is 2.40. The highest BCUT2D eigenvalue weighted by atomic mass is 32.1. The summed E-state index contributed by atoms with van der Waals surface area (Å²) < 4.78 is 1.67. The summed E-state index contributed by atoms with van der Waals surface area (Å²) in [6.07, 6.45) is 12.6. The van der Waals surface area contributed by atoms with Crippen LogP contribution in [0.25, 0.3) is 10.2 Å². The summed E-state index contributed by atoms with van der Waals surface area (Å²) in [5.74, 6) is 0.895. The van der Waals surface area contributed by atoms with Crippen LogP contribution in [0.3, 0.4) is 0 Å². The van der Waals surface area contributed by atoms with Gasteiger partial charge in [0.1, 0.15) is 4.83 Å². The van der Waals surface area contributed by atoms with Crippen LogP contribution in [0.1, 0.15) is 68.7 Å². The molecule has 2 aromatic heterocycles. The zero-order chi connectivity index (χ0) is 19.3. The predicted molar refractivity (Wildman–Crippen MR) is 112 cm³/mol. The lowest BCUT2D eigenvalue weighted by Crippen LogP contribution is -2.42. The summed E-state index contributed by atoms with van der Waals surface area (Å²) in [5.41, 5.74) is 1.27. The van der Waals surface area contributed by atoms with Crippen molar-refractivity contribution in [3.05, 3.63) is 27.1 Å². The van der Waals surface area contributed by atoms with Crippen LogP contribution in [0.5, 0.6) is 0 Å². The number of nitrogens with zero attached hydrogens (tertiary/aromatic N) is 3. The molecule has 5 nitrogen and oxygen atoms in total. The van der Waals surface area contributed by atoms with Crippen molar-refractivity contribution < 1.29 is 4.79 Å². The highest BCUT2D eigenvalue weighted by molar-refractivity contribution is 7.18. The molecule has 28 heavy (non-hydrogen) atoms. The first kappa shape index (κ1) is 18.3. The Hall–Kier alpha value is -1.69. The molecule has 3 heterocycles. The lowest BCUT2D eigenvalue weighted by molar-refractivity contribution is -0.134. The normalized spacial score (nSPS) is 27.0. The third-order valence-electron chi connectivity index (χ3n) is 7.14. The Kier molecular flexibility index (Phi) is 4.77. The van der Waals surface area contributed by atoms with Crippen molar-refractivity contribution in [3.63, 3.8) is 0 Å². The SMILES string of the molecule is CC1CC2CCCCC2N1C(=O)CCn1cnc2sc3c(c2c1=O)CCCC3. The van der Waals surface area contributed by atoms with Crippen LogP contribution in [0.2, 0.25) is 0 Å². The maximum absolute atomic E-state index is 13.1. The van der Waals surface area contributed by atoms with Gasteiger partial charge in [0.25, 0.3) is 5.56 Å². The van der Waals surface area contributed by atoms with Gasteiger partial charge in [0.15, 0.2) is 0 Å². The predicted octanol–water partition coefficient (Wildman–Crippen LogP) is 3.91. The van der Waals surface area contributed by atoms with E-state index in [2.05, 4.69) is 16.8 Å². The molecule has 1 saturated heterocycles.